The summed E-state index contributed by atoms with van der Waals surface area (Å²) in [5.74, 6) is 1.02. The smallest absolute Gasteiger partial charge is 0.165 e. The topological polar surface area (TPSA) is 78.5 Å². The van der Waals surface area contributed by atoms with Gasteiger partial charge in [-0.2, -0.15) is 0 Å². The molecular weight excluding hydrogens is 298 g/mol. The zero-order chi connectivity index (χ0) is 16.4. The van der Waals surface area contributed by atoms with Crippen molar-refractivity contribution in [2.24, 2.45) is 10.7 Å². The van der Waals surface area contributed by atoms with Crippen LogP contribution in [0.4, 0.5) is 0 Å². The highest BCUT2D eigenvalue weighted by atomic mass is 16.7. The Kier molecular flexibility index (Phi) is 3.16. The van der Waals surface area contributed by atoms with E-state index in [1.165, 1.54) is 0 Å². The highest BCUT2D eigenvalue weighted by Crippen LogP contribution is 2.63. The molecule has 2 unspecified atom stereocenters. The number of nitrogens with two attached hydrogens (primary N) is 1. The molecule has 1 spiro atoms. The lowest BCUT2D eigenvalue weighted by Crippen LogP contribution is -2.55. The third-order valence-corrected chi connectivity index (χ3v) is 5.38. The summed E-state index contributed by atoms with van der Waals surface area (Å²) in [5, 5.41) is 0. The van der Waals surface area contributed by atoms with Crippen molar-refractivity contribution in [3.05, 3.63) is 24.2 Å². The van der Waals surface area contributed by atoms with Gasteiger partial charge in [-0.25, -0.2) is 4.99 Å². The van der Waals surface area contributed by atoms with Crippen LogP contribution in [0.25, 0.3) is 0 Å². The number of fused-ring (bicyclic) bond motifs is 3. The summed E-state index contributed by atoms with van der Waals surface area (Å²) in [6.07, 6.45) is 3.11. The molecule has 4 rings (SSSR count). The van der Waals surface area contributed by atoms with Gasteiger partial charge < -0.3 is 29.6 Å². The summed E-state index contributed by atoms with van der Waals surface area (Å²) in [5.41, 5.74) is 5.88. The summed E-state index contributed by atoms with van der Waals surface area (Å²) in [6, 6.07) is 0. The third kappa shape index (κ3) is 1.82. The molecule has 7 nitrogen and oxygen atoms in total. The van der Waals surface area contributed by atoms with Crippen LogP contribution < -0.4 is 5.73 Å². The fourth-order valence-electron chi connectivity index (χ4n) is 4.12. The highest BCUT2D eigenvalue weighted by molar-refractivity contribution is 5.97. The maximum Gasteiger partial charge on any atom is 0.165 e. The molecule has 0 aromatic rings. The standard InChI is InChI=1S/C16H23N3O4/c1-9-7-19(10(2)18-13(9)17)14-11-12(21-4)16(23-14,8-20-3)15(22-11)5-6-15/h7,11-12,14H,2,5-6,8H2,1,3-4H3,(H2,17,18)/t11?,12?,14-,16-/m1/s1. The Hall–Kier alpha value is -1.41. The molecule has 4 aliphatic rings. The van der Waals surface area contributed by atoms with Crippen LogP contribution in [0.2, 0.25) is 0 Å². The molecule has 0 aromatic heterocycles. The van der Waals surface area contributed by atoms with E-state index in [-0.39, 0.29) is 24.0 Å². The predicted octanol–water partition coefficient (Wildman–Crippen LogP) is 0.722. The monoisotopic (exact) mass is 321 g/mol. The molecule has 0 radical (unpaired) electrons. The first-order valence-electron chi connectivity index (χ1n) is 7.85. The normalized spacial score (nSPS) is 40.6. The summed E-state index contributed by atoms with van der Waals surface area (Å²) in [7, 11) is 3.37. The maximum absolute atomic E-state index is 6.50. The lowest BCUT2D eigenvalue weighted by molar-refractivity contribution is -0.241. The number of amidine groups is 1. The first-order valence-corrected chi connectivity index (χ1v) is 7.85. The minimum absolute atomic E-state index is 0.181. The molecule has 23 heavy (non-hydrogen) atoms. The number of nitrogens with zero attached hydrogens (tertiary/aromatic N) is 2. The van der Waals surface area contributed by atoms with Crippen LogP contribution in [0, 0.1) is 0 Å². The zero-order valence-electron chi connectivity index (χ0n) is 13.7. The van der Waals surface area contributed by atoms with Crippen molar-refractivity contribution in [1.29, 1.82) is 0 Å². The van der Waals surface area contributed by atoms with Crippen molar-refractivity contribution >= 4 is 5.84 Å². The fourth-order valence-corrected chi connectivity index (χ4v) is 4.12. The molecule has 0 aromatic carbocycles. The van der Waals surface area contributed by atoms with Crippen molar-refractivity contribution in [3.8, 4) is 0 Å². The van der Waals surface area contributed by atoms with Crippen LogP contribution in [0.15, 0.2) is 29.2 Å². The van der Waals surface area contributed by atoms with Gasteiger partial charge >= 0.3 is 0 Å². The van der Waals surface area contributed by atoms with E-state index in [1.54, 1.807) is 14.2 Å². The van der Waals surface area contributed by atoms with Crippen molar-refractivity contribution in [1.82, 2.24) is 4.90 Å². The quantitative estimate of drug-likeness (QED) is 0.822. The minimum Gasteiger partial charge on any atom is -0.383 e. The van der Waals surface area contributed by atoms with Gasteiger partial charge in [0.15, 0.2) is 11.8 Å². The van der Waals surface area contributed by atoms with Gasteiger partial charge in [-0.15, -0.1) is 0 Å². The van der Waals surface area contributed by atoms with Crippen LogP contribution in [0.5, 0.6) is 0 Å². The van der Waals surface area contributed by atoms with Crippen molar-refractivity contribution in [2.45, 2.75) is 49.4 Å². The second-order valence-electron chi connectivity index (χ2n) is 6.70. The molecule has 3 fully saturated rings. The molecule has 3 aliphatic heterocycles. The van der Waals surface area contributed by atoms with E-state index >= 15 is 0 Å². The van der Waals surface area contributed by atoms with Crippen LogP contribution >= 0.6 is 0 Å². The predicted molar refractivity (Wildman–Crippen MR) is 83.5 cm³/mol. The molecule has 1 saturated carbocycles. The molecule has 3 heterocycles. The van der Waals surface area contributed by atoms with Crippen LogP contribution in [-0.4, -0.2) is 61.2 Å². The molecule has 1 aliphatic carbocycles. The lowest BCUT2D eigenvalue weighted by atomic mass is 9.91. The number of hydrogen-bond donors (Lipinski definition) is 1. The molecule has 2 saturated heterocycles. The lowest BCUT2D eigenvalue weighted by Gasteiger charge is -2.41. The Morgan fingerprint density at radius 3 is 2.78 bits per heavy atom. The van der Waals surface area contributed by atoms with Gasteiger partial charge in [-0.05, 0) is 19.8 Å². The van der Waals surface area contributed by atoms with Gasteiger partial charge in [0, 0.05) is 26.0 Å². The number of rotatable bonds is 4. The van der Waals surface area contributed by atoms with Crippen LogP contribution in [-0.2, 0) is 18.9 Å². The Balaban J connectivity index is 1.68. The van der Waals surface area contributed by atoms with Gasteiger partial charge in [0.25, 0.3) is 0 Å². The molecule has 2 N–H and O–H groups in total. The van der Waals surface area contributed by atoms with Gasteiger partial charge in [-0.1, -0.05) is 6.58 Å². The van der Waals surface area contributed by atoms with Crippen LogP contribution in [0.1, 0.15) is 19.8 Å². The number of aliphatic imine (C=N–C) groups is 1. The second-order valence-corrected chi connectivity index (χ2v) is 6.70. The first-order chi connectivity index (χ1) is 11.0. The van der Waals surface area contributed by atoms with Crippen molar-refractivity contribution in [3.63, 3.8) is 0 Å². The van der Waals surface area contributed by atoms with E-state index in [9.17, 15) is 0 Å². The number of ether oxygens (including phenoxy) is 4. The van der Waals surface area contributed by atoms with Gasteiger partial charge in [-0.3, -0.25) is 0 Å². The Morgan fingerprint density at radius 1 is 1.43 bits per heavy atom. The molecule has 7 heteroatoms. The minimum atomic E-state index is -0.583. The summed E-state index contributed by atoms with van der Waals surface area (Å²) >= 11 is 0. The third-order valence-electron chi connectivity index (χ3n) is 5.38. The Morgan fingerprint density at radius 2 is 2.17 bits per heavy atom. The Bertz CT molecular complexity index is 612. The van der Waals surface area contributed by atoms with E-state index in [4.69, 9.17) is 24.7 Å². The largest absolute Gasteiger partial charge is 0.383 e. The zero-order valence-corrected chi connectivity index (χ0v) is 13.7. The van der Waals surface area contributed by atoms with E-state index in [2.05, 4.69) is 11.6 Å². The average molecular weight is 321 g/mol. The van der Waals surface area contributed by atoms with Gasteiger partial charge in [0.1, 0.15) is 29.5 Å². The number of methoxy groups -OCH3 is 2. The molecular formula is C16H23N3O4. The summed E-state index contributed by atoms with van der Waals surface area (Å²) in [6.45, 7) is 6.33. The maximum atomic E-state index is 6.50. The SMILES string of the molecule is C=C1N=C(N)C(C)=CN1[C@@H]1O[C@]2(COC)C(OC)C1OC21CC1. The molecule has 4 atom stereocenters. The van der Waals surface area contributed by atoms with Gasteiger partial charge in [0.05, 0.1) is 6.61 Å². The van der Waals surface area contributed by atoms with Crippen LogP contribution in [0.3, 0.4) is 0 Å². The molecule has 0 amide bonds. The second kappa shape index (κ2) is 4.80. The fraction of sp³-hybridized carbons (Fsp3) is 0.688. The first kappa shape index (κ1) is 15.1. The number of hydrogen-bond acceptors (Lipinski definition) is 7. The van der Waals surface area contributed by atoms with Crippen molar-refractivity contribution < 1.29 is 18.9 Å². The summed E-state index contributed by atoms with van der Waals surface area (Å²) < 4.78 is 24.1. The van der Waals surface area contributed by atoms with Crippen molar-refractivity contribution in [2.75, 3.05) is 20.8 Å². The Labute approximate surface area is 135 Å². The summed E-state index contributed by atoms with van der Waals surface area (Å²) in [4.78, 5) is 6.18. The molecule has 126 valence electrons. The van der Waals surface area contributed by atoms with E-state index in [1.807, 2.05) is 18.0 Å². The van der Waals surface area contributed by atoms with E-state index < -0.39 is 5.60 Å². The highest BCUT2D eigenvalue weighted by Gasteiger charge is 2.79. The van der Waals surface area contributed by atoms with E-state index in [0.717, 1.165) is 18.4 Å². The van der Waals surface area contributed by atoms with E-state index in [0.29, 0.717) is 18.3 Å². The average Bonchev–Trinajstić information content (AvgIpc) is 3.15. The molecule has 2 bridgehead atoms. The van der Waals surface area contributed by atoms with Gasteiger partial charge in [0.2, 0.25) is 0 Å².